The Balaban J connectivity index is 1.79. The smallest absolute Gasteiger partial charge is 0.477 e. The predicted octanol–water partition coefficient (Wildman–Crippen LogP) is 0.790. The lowest BCUT2D eigenvalue weighted by molar-refractivity contribution is 0.0690. The second-order valence-electron chi connectivity index (χ2n) is 4.31. The van der Waals surface area contributed by atoms with E-state index in [2.05, 4.69) is 4.98 Å². The van der Waals surface area contributed by atoms with Gasteiger partial charge in [0.05, 0.1) is 12.8 Å². The minimum Gasteiger partial charge on any atom is -0.477 e. The van der Waals surface area contributed by atoms with Crippen LogP contribution in [0.3, 0.4) is 0 Å². The van der Waals surface area contributed by atoms with Crippen LogP contribution in [0.5, 0.6) is 11.5 Å². The van der Waals surface area contributed by atoms with Crippen molar-refractivity contribution in [3.05, 3.63) is 47.8 Å². The summed E-state index contributed by atoms with van der Waals surface area (Å²) in [6, 6.07) is 8.13. The first kappa shape index (κ1) is 12.6. The first-order valence-corrected chi connectivity index (χ1v) is 5.93. The molecule has 2 N–H and O–H groups in total. The number of benzene rings is 1. The third-order valence-electron chi connectivity index (χ3n) is 2.97. The van der Waals surface area contributed by atoms with Crippen LogP contribution < -0.4 is 10.2 Å². The first-order chi connectivity index (χ1) is 9.63. The summed E-state index contributed by atoms with van der Waals surface area (Å²) in [5.74, 6) is -0.0686. The summed E-state index contributed by atoms with van der Waals surface area (Å²) >= 11 is 0. The molecule has 0 radical (unpaired) electrons. The summed E-state index contributed by atoms with van der Waals surface area (Å²) in [6.45, 7) is 0.337. The van der Waals surface area contributed by atoms with E-state index in [1.165, 1.54) is 18.3 Å². The Morgan fingerprint density at radius 2 is 2.10 bits per heavy atom. The molecule has 1 aromatic heterocycles. The van der Waals surface area contributed by atoms with Crippen LogP contribution in [0.25, 0.3) is 0 Å². The predicted molar refractivity (Wildman–Crippen MR) is 70.1 cm³/mol. The van der Waals surface area contributed by atoms with E-state index in [9.17, 15) is 9.82 Å². The Morgan fingerprint density at radius 1 is 1.30 bits per heavy atom. The number of aromatic carboxylic acids is 1. The van der Waals surface area contributed by atoms with Gasteiger partial charge >= 0.3 is 13.1 Å². The van der Waals surface area contributed by atoms with Gasteiger partial charge in [0.2, 0.25) is 0 Å². The molecular weight excluding hydrogens is 261 g/mol. The maximum absolute atomic E-state index is 10.7. The third-order valence-corrected chi connectivity index (χ3v) is 2.97. The Hall–Kier alpha value is -2.38. The van der Waals surface area contributed by atoms with Crippen molar-refractivity contribution in [3.8, 4) is 11.5 Å². The van der Waals surface area contributed by atoms with Crippen LogP contribution in [0.2, 0.25) is 0 Å². The van der Waals surface area contributed by atoms with E-state index in [0.29, 0.717) is 18.1 Å². The lowest BCUT2D eigenvalue weighted by Gasteiger charge is -2.07. The number of pyridine rings is 1. The molecule has 0 spiro atoms. The van der Waals surface area contributed by atoms with Gasteiger partial charge in [-0.3, -0.25) is 0 Å². The fourth-order valence-corrected chi connectivity index (χ4v) is 1.97. The van der Waals surface area contributed by atoms with Gasteiger partial charge in [-0.2, -0.15) is 0 Å². The van der Waals surface area contributed by atoms with Crippen molar-refractivity contribution >= 4 is 18.6 Å². The molecule has 7 heteroatoms. The zero-order valence-electron chi connectivity index (χ0n) is 10.3. The second-order valence-corrected chi connectivity index (χ2v) is 4.31. The average Bonchev–Trinajstić information content (AvgIpc) is 2.81. The number of aromatic nitrogens is 1. The lowest BCUT2D eigenvalue weighted by atomic mass is 9.80. The second kappa shape index (κ2) is 4.95. The molecule has 1 aliphatic rings. The Labute approximate surface area is 114 Å². The summed E-state index contributed by atoms with van der Waals surface area (Å²) in [7, 11) is -0.879. The van der Waals surface area contributed by atoms with Crippen LogP contribution in [-0.2, 0) is 11.3 Å². The molecule has 0 unspecified atom stereocenters. The monoisotopic (exact) mass is 271 g/mol. The van der Waals surface area contributed by atoms with Gasteiger partial charge in [-0.25, -0.2) is 9.78 Å². The molecule has 0 saturated carbocycles. The van der Waals surface area contributed by atoms with E-state index in [4.69, 9.17) is 14.5 Å². The number of hydrogen-bond acceptors (Lipinski definition) is 5. The van der Waals surface area contributed by atoms with Crippen LogP contribution in [0.1, 0.15) is 16.1 Å². The third kappa shape index (κ3) is 2.36. The van der Waals surface area contributed by atoms with Gasteiger partial charge in [0.15, 0.2) is 0 Å². The Kier molecular flexibility index (Phi) is 3.13. The zero-order chi connectivity index (χ0) is 14.1. The van der Waals surface area contributed by atoms with Crippen molar-refractivity contribution in [1.82, 2.24) is 4.98 Å². The number of ether oxygens (including phenoxy) is 1. The summed E-state index contributed by atoms with van der Waals surface area (Å²) in [5, 5.41) is 18.3. The van der Waals surface area contributed by atoms with Gasteiger partial charge in [-0.1, -0.05) is 6.07 Å². The van der Waals surface area contributed by atoms with Gasteiger partial charge in [-0.15, -0.1) is 0 Å². The zero-order valence-corrected chi connectivity index (χ0v) is 10.3. The number of carbonyl (C=O) groups is 1. The highest BCUT2D eigenvalue weighted by Gasteiger charge is 2.27. The van der Waals surface area contributed by atoms with E-state index in [1.54, 1.807) is 18.2 Å². The molecule has 3 rings (SSSR count). The standard InChI is InChI=1S/C13H10BNO5/c16-13(17)12-4-2-10(6-15-12)20-9-1-3-11-8(5-9)7-19-14(11)18/h1-6,18H,7H2,(H,16,17). The van der Waals surface area contributed by atoms with Crippen molar-refractivity contribution in [2.24, 2.45) is 0 Å². The molecule has 6 nitrogen and oxygen atoms in total. The van der Waals surface area contributed by atoms with E-state index < -0.39 is 13.1 Å². The Morgan fingerprint density at radius 3 is 2.80 bits per heavy atom. The molecule has 0 amide bonds. The van der Waals surface area contributed by atoms with Crippen LogP contribution in [-0.4, -0.2) is 28.2 Å². The van der Waals surface area contributed by atoms with Crippen molar-refractivity contribution in [2.45, 2.75) is 6.61 Å². The number of hydrogen-bond donors (Lipinski definition) is 2. The van der Waals surface area contributed by atoms with Gasteiger partial charge in [-0.05, 0) is 35.3 Å². The molecule has 0 fully saturated rings. The number of carboxylic acid groups (broad SMARTS) is 1. The molecule has 100 valence electrons. The van der Waals surface area contributed by atoms with Crippen LogP contribution >= 0.6 is 0 Å². The van der Waals surface area contributed by atoms with Gasteiger partial charge in [0.25, 0.3) is 0 Å². The minimum absolute atomic E-state index is 0.0391. The van der Waals surface area contributed by atoms with Gasteiger partial charge in [0, 0.05) is 0 Å². The molecule has 1 aromatic carbocycles. The quantitative estimate of drug-likeness (QED) is 0.802. The van der Waals surface area contributed by atoms with E-state index in [0.717, 1.165) is 11.0 Å². The molecule has 0 aliphatic carbocycles. The molecule has 0 atom stereocenters. The van der Waals surface area contributed by atoms with Crippen molar-refractivity contribution in [1.29, 1.82) is 0 Å². The number of nitrogens with zero attached hydrogens (tertiary/aromatic N) is 1. The molecule has 2 aromatic rings. The summed E-state index contributed by atoms with van der Waals surface area (Å²) in [5.41, 5.74) is 1.56. The molecule has 2 heterocycles. The number of carboxylic acids is 1. The molecule has 0 bridgehead atoms. The van der Waals surface area contributed by atoms with Gasteiger partial charge < -0.3 is 19.5 Å². The molecular formula is C13H10BNO5. The lowest BCUT2D eigenvalue weighted by Crippen LogP contribution is -2.27. The molecule has 0 saturated heterocycles. The van der Waals surface area contributed by atoms with Crippen molar-refractivity contribution in [2.75, 3.05) is 0 Å². The summed E-state index contributed by atoms with van der Waals surface area (Å²) < 4.78 is 10.7. The highest BCUT2D eigenvalue weighted by Crippen LogP contribution is 2.23. The van der Waals surface area contributed by atoms with E-state index in [-0.39, 0.29) is 5.69 Å². The van der Waals surface area contributed by atoms with Crippen LogP contribution in [0.15, 0.2) is 36.5 Å². The van der Waals surface area contributed by atoms with Crippen molar-refractivity contribution < 1.29 is 24.3 Å². The van der Waals surface area contributed by atoms with Crippen molar-refractivity contribution in [3.63, 3.8) is 0 Å². The SMILES string of the molecule is O=C(O)c1ccc(Oc2ccc3c(c2)COB3O)cn1. The maximum Gasteiger partial charge on any atom is 0.491 e. The fraction of sp³-hybridized carbons (Fsp3) is 0.0769. The van der Waals surface area contributed by atoms with E-state index in [1.807, 2.05) is 0 Å². The highest BCUT2D eigenvalue weighted by atomic mass is 16.5. The topological polar surface area (TPSA) is 88.9 Å². The molecule has 1 aliphatic heterocycles. The maximum atomic E-state index is 10.7. The normalized spacial score (nSPS) is 13.2. The number of fused-ring (bicyclic) bond motifs is 1. The summed E-state index contributed by atoms with van der Waals surface area (Å²) in [4.78, 5) is 14.5. The molecule has 20 heavy (non-hydrogen) atoms. The van der Waals surface area contributed by atoms with Gasteiger partial charge in [0.1, 0.15) is 17.2 Å². The van der Waals surface area contributed by atoms with E-state index >= 15 is 0 Å². The summed E-state index contributed by atoms with van der Waals surface area (Å²) in [6.07, 6.45) is 1.35. The highest BCUT2D eigenvalue weighted by molar-refractivity contribution is 6.61. The average molecular weight is 271 g/mol. The first-order valence-electron chi connectivity index (χ1n) is 5.93. The van der Waals surface area contributed by atoms with Crippen LogP contribution in [0, 0.1) is 0 Å². The van der Waals surface area contributed by atoms with Crippen LogP contribution in [0.4, 0.5) is 0 Å². The fourth-order valence-electron chi connectivity index (χ4n) is 1.97. The Bertz CT molecular complexity index is 658. The largest absolute Gasteiger partial charge is 0.491 e. The number of rotatable bonds is 3. The minimum atomic E-state index is -1.08.